The molecule has 0 saturated carbocycles. The molecule has 0 aliphatic carbocycles. The third-order valence-corrected chi connectivity index (χ3v) is 6.13. The highest BCUT2D eigenvalue weighted by Crippen LogP contribution is 2.23. The largest absolute Gasteiger partial charge is 0.380 e. The number of aromatic nitrogens is 1. The first kappa shape index (κ1) is 21.2. The number of nitro groups is 1. The minimum atomic E-state index is -0.425. The number of nitrogens with zero attached hydrogens (tertiary/aromatic N) is 3. The van der Waals surface area contributed by atoms with Crippen LogP contribution in [0.5, 0.6) is 0 Å². The van der Waals surface area contributed by atoms with Crippen molar-refractivity contribution in [3.8, 4) is 0 Å². The molecule has 2 aromatic carbocycles. The zero-order valence-electron chi connectivity index (χ0n) is 15.9. The van der Waals surface area contributed by atoms with Crippen molar-refractivity contribution in [2.45, 2.75) is 19.2 Å². The first-order valence-corrected chi connectivity index (χ1v) is 11.1. The summed E-state index contributed by atoms with van der Waals surface area (Å²) in [6.45, 7) is 3.51. The molecule has 0 radical (unpaired) electrons. The molecule has 0 spiro atoms. The summed E-state index contributed by atoms with van der Waals surface area (Å²) < 4.78 is 8.05. The number of hydrogen-bond acceptors (Lipinski definition) is 6. The van der Waals surface area contributed by atoms with Crippen LogP contribution in [0, 0.1) is 10.1 Å². The third-order valence-electron chi connectivity index (χ3n) is 4.10. The first-order valence-electron chi connectivity index (χ1n) is 9.13. The van der Waals surface area contributed by atoms with Crippen LogP contribution < -0.4 is 4.80 Å². The Morgan fingerprint density at radius 2 is 2.07 bits per heavy atom. The number of hydrogen-bond donors (Lipinski definition) is 0. The highest BCUT2D eigenvalue weighted by Gasteiger charge is 2.13. The topological polar surface area (TPSA) is 86.7 Å². The molecular weight excluding hydrogens is 410 g/mol. The lowest BCUT2D eigenvalue weighted by Gasteiger charge is -2.05. The van der Waals surface area contributed by atoms with Gasteiger partial charge in [0.15, 0.2) is 4.80 Å². The lowest BCUT2D eigenvalue weighted by atomic mass is 10.2. The van der Waals surface area contributed by atoms with Crippen molar-refractivity contribution >= 4 is 44.9 Å². The van der Waals surface area contributed by atoms with E-state index in [0.29, 0.717) is 24.6 Å². The van der Waals surface area contributed by atoms with Crippen LogP contribution in [0.4, 0.5) is 5.69 Å². The maximum atomic E-state index is 12.4. The van der Waals surface area contributed by atoms with Crippen LogP contribution >= 0.6 is 23.1 Å². The van der Waals surface area contributed by atoms with Crippen molar-refractivity contribution in [3.05, 3.63) is 69.0 Å². The van der Waals surface area contributed by atoms with Gasteiger partial charge in [0.1, 0.15) is 0 Å². The predicted octanol–water partition coefficient (Wildman–Crippen LogP) is 4.01. The van der Waals surface area contributed by atoms with Gasteiger partial charge in [-0.3, -0.25) is 14.9 Å². The fraction of sp³-hybridized carbons (Fsp3) is 0.300. The molecule has 1 amide bonds. The molecule has 0 atom stereocenters. The smallest absolute Gasteiger partial charge is 0.270 e. The van der Waals surface area contributed by atoms with Crippen molar-refractivity contribution in [2.24, 2.45) is 4.99 Å². The zero-order chi connectivity index (χ0) is 20.6. The normalized spacial score (nSPS) is 11.8. The standard InChI is InChI=1S/C20H21N3O4S2/c1-2-27-11-10-22-17-9-8-16(23(25)26)12-18(17)29-20(22)21-19(24)14-28-13-15-6-4-3-5-7-15/h3-9,12H,2,10-11,13-14H2,1H3. The van der Waals surface area contributed by atoms with Gasteiger partial charge in [-0.2, -0.15) is 4.99 Å². The fourth-order valence-electron chi connectivity index (χ4n) is 2.75. The first-order chi connectivity index (χ1) is 14.1. The second-order valence-corrected chi connectivity index (χ2v) is 8.12. The highest BCUT2D eigenvalue weighted by atomic mass is 32.2. The van der Waals surface area contributed by atoms with Crippen molar-refractivity contribution in [3.63, 3.8) is 0 Å². The summed E-state index contributed by atoms with van der Waals surface area (Å²) >= 11 is 2.79. The van der Waals surface area contributed by atoms with E-state index >= 15 is 0 Å². The Morgan fingerprint density at radius 1 is 1.28 bits per heavy atom. The van der Waals surface area contributed by atoms with Gasteiger partial charge in [0.05, 0.1) is 27.5 Å². The number of nitro benzene ring substituents is 1. The lowest BCUT2D eigenvalue weighted by molar-refractivity contribution is -0.384. The Morgan fingerprint density at radius 3 is 2.79 bits per heavy atom. The molecule has 152 valence electrons. The number of amides is 1. The van der Waals surface area contributed by atoms with Crippen molar-refractivity contribution in [1.82, 2.24) is 4.57 Å². The molecule has 3 aromatic rings. The number of carbonyl (C=O) groups excluding carboxylic acids is 1. The quantitative estimate of drug-likeness (QED) is 0.290. The van der Waals surface area contributed by atoms with Crippen LogP contribution in [-0.2, 0) is 21.8 Å². The second-order valence-electron chi connectivity index (χ2n) is 6.13. The summed E-state index contributed by atoms with van der Waals surface area (Å²) in [5.41, 5.74) is 1.99. The van der Waals surface area contributed by atoms with Crippen LogP contribution in [0.1, 0.15) is 12.5 Å². The number of thiazole rings is 1. The van der Waals surface area contributed by atoms with E-state index in [9.17, 15) is 14.9 Å². The van der Waals surface area contributed by atoms with Gasteiger partial charge in [-0.15, -0.1) is 11.8 Å². The molecule has 9 heteroatoms. The Kier molecular flexibility index (Phi) is 7.56. The van der Waals surface area contributed by atoms with Gasteiger partial charge in [0.2, 0.25) is 0 Å². The molecule has 29 heavy (non-hydrogen) atoms. The van der Waals surface area contributed by atoms with Gasteiger partial charge in [0.25, 0.3) is 11.6 Å². The van der Waals surface area contributed by atoms with E-state index in [0.717, 1.165) is 21.5 Å². The van der Waals surface area contributed by atoms with Crippen molar-refractivity contribution < 1.29 is 14.5 Å². The number of carbonyl (C=O) groups is 1. The molecular formula is C20H21N3O4S2. The molecule has 0 bridgehead atoms. The van der Waals surface area contributed by atoms with Crippen LogP contribution in [0.3, 0.4) is 0 Å². The van der Waals surface area contributed by atoms with Gasteiger partial charge in [-0.1, -0.05) is 41.7 Å². The number of fused-ring (bicyclic) bond motifs is 1. The van der Waals surface area contributed by atoms with Crippen LogP contribution in [0.2, 0.25) is 0 Å². The maximum absolute atomic E-state index is 12.4. The van der Waals surface area contributed by atoms with E-state index in [1.807, 2.05) is 41.8 Å². The summed E-state index contributed by atoms with van der Waals surface area (Å²) in [7, 11) is 0. The summed E-state index contributed by atoms with van der Waals surface area (Å²) in [6, 6.07) is 14.6. The third kappa shape index (κ3) is 5.75. The maximum Gasteiger partial charge on any atom is 0.270 e. The van der Waals surface area contributed by atoms with Crippen molar-refractivity contribution in [2.75, 3.05) is 19.0 Å². The molecule has 1 heterocycles. The zero-order valence-corrected chi connectivity index (χ0v) is 17.6. The number of ether oxygens (including phenoxy) is 1. The molecule has 3 rings (SSSR count). The second kappa shape index (κ2) is 10.3. The number of rotatable bonds is 9. The predicted molar refractivity (Wildman–Crippen MR) is 116 cm³/mol. The minimum absolute atomic E-state index is 0.0204. The molecule has 0 aliphatic heterocycles. The van der Waals surface area contributed by atoms with Gasteiger partial charge >= 0.3 is 0 Å². The Hall–Kier alpha value is -2.49. The number of non-ortho nitro benzene ring substituents is 1. The summed E-state index contributed by atoms with van der Waals surface area (Å²) in [6.07, 6.45) is 0. The molecule has 0 unspecified atom stereocenters. The van der Waals surface area contributed by atoms with Crippen LogP contribution in [0.25, 0.3) is 10.2 Å². The average Bonchev–Trinajstić information content (AvgIpc) is 3.05. The summed E-state index contributed by atoms with van der Waals surface area (Å²) in [5, 5.41) is 11.1. The molecule has 0 fully saturated rings. The van der Waals surface area contributed by atoms with Crippen LogP contribution in [0.15, 0.2) is 53.5 Å². The molecule has 0 saturated heterocycles. The van der Waals surface area contributed by atoms with E-state index < -0.39 is 4.92 Å². The Bertz CT molecular complexity index is 1060. The molecule has 1 aromatic heterocycles. The number of thioether (sulfide) groups is 1. The molecule has 0 N–H and O–H groups in total. The van der Waals surface area contributed by atoms with Crippen LogP contribution in [-0.4, -0.2) is 34.4 Å². The summed E-state index contributed by atoms with van der Waals surface area (Å²) in [5.74, 6) is 0.789. The fourth-order valence-corrected chi connectivity index (χ4v) is 4.62. The molecule has 7 nitrogen and oxygen atoms in total. The highest BCUT2D eigenvalue weighted by molar-refractivity contribution is 7.99. The SMILES string of the molecule is CCOCCn1c(=NC(=O)CSCc2ccccc2)sc2cc([N+](=O)[O-])ccc21. The van der Waals surface area contributed by atoms with E-state index in [-0.39, 0.29) is 17.3 Å². The van der Waals surface area contributed by atoms with E-state index in [1.54, 1.807) is 6.07 Å². The summed E-state index contributed by atoms with van der Waals surface area (Å²) in [4.78, 5) is 27.9. The average molecular weight is 432 g/mol. The minimum Gasteiger partial charge on any atom is -0.380 e. The van der Waals surface area contributed by atoms with Crippen molar-refractivity contribution in [1.29, 1.82) is 0 Å². The Balaban J connectivity index is 1.81. The number of benzene rings is 2. The molecule has 0 aliphatic rings. The van der Waals surface area contributed by atoms with E-state index in [4.69, 9.17) is 4.74 Å². The lowest BCUT2D eigenvalue weighted by Crippen LogP contribution is -2.20. The van der Waals surface area contributed by atoms with Gasteiger partial charge in [0, 0.05) is 31.0 Å². The van der Waals surface area contributed by atoms with E-state index in [2.05, 4.69) is 4.99 Å². The Labute approximate surface area is 176 Å². The van der Waals surface area contributed by atoms with Gasteiger partial charge < -0.3 is 9.30 Å². The van der Waals surface area contributed by atoms with Gasteiger partial charge in [-0.25, -0.2) is 0 Å². The monoisotopic (exact) mass is 431 g/mol. The van der Waals surface area contributed by atoms with Gasteiger partial charge in [-0.05, 0) is 18.6 Å². The van der Waals surface area contributed by atoms with E-state index in [1.165, 1.54) is 35.2 Å².